The Morgan fingerprint density at radius 2 is 2.14 bits per heavy atom. The van der Waals surface area contributed by atoms with Crippen LogP contribution in [0.5, 0.6) is 0 Å². The molecule has 0 aliphatic heterocycles. The number of hydrogen-bond acceptors (Lipinski definition) is 3. The molecular formula is C16H22FN3O. The monoisotopic (exact) mass is 291 g/mol. The maximum atomic E-state index is 13.9. The van der Waals surface area contributed by atoms with Crippen LogP contribution in [0.25, 0.3) is 0 Å². The average Bonchev–Trinajstić information content (AvgIpc) is 2.52. The Morgan fingerprint density at radius 3 is 2.57 bits per heavy atom. The quantitative estimate of drug-likeness (QED) is 0.875. The van der Waals surface area contributed by atoms with Crippen molar-refractivity contribution in [1.82, 2.24) is 4.90 Å². The Balaban J connectivity index is 2.98. The number of nitriles is 1. The summed E-state index contributed by atoms with van der Waals surface area (Å²) in [5.74, 6) is -0.537. The fourth-order valence-electron chi connectivity index (χ4n) is 2.04. The van der Waals surface area contributed by atoms with Crippen LogP contribution in [0.4, 0.5) is 4.39 Å². The lowest BCUT2D eigenvalue weighted by molar-refractivity contribution is -0.141. The molecule has 114 valence electrons. The molecule has 1 atom stereocenters. The van der Waals surface area contributed by atoms with Crippen molar-refractivity contribution in [1.29, 1.82) is 5.26 Å². The number of halogens is 1. The second-order valence-corrected chi connectivity index (χ2v) is 5.36. The first-order chi connectivity index (χ1) is 9.91. The Bertz CT molecular complexity index is 547. The van der Waals surface area contributed by atoms with Gasteiger partial charge in [0.05, 0.1) is 17.0 Å². The molecular weight excluding hydrogens is 269 g/mol. The number of rotatable bonds is 6. The van der Waals surface area contributed by atoms with E-state index in [9.17, 15) is 9.18 Å². The first-order valence-corrected chi connectivity index (χ1v) is 7.09. The van der Waals surface area contributed by atoms with E-state index in [-0.39, 0.29) is 24.6 Å². The van der Waals surface area contributed by atoms with E-state index in [1.54, 1.807) is 17.0 Å². The molecule has 1 aromatic rings. The van der Waals surface area contributed by atoms with E-state index in [1.165, 1.54) is 6.07 Å². The van der Waals surface area contributed by atoms with Crippen molar-refractivity contribution >= 4 is 5.91 Å². The van der Waals surface area contributed by atoms with E-state index in [0.717, 1.165) is 0 Å². The SMILES string of the molecule is CCN(Cc1ccc(C#N)cc1F)C(=O)C(C)(CC)CN. The molecule has 21 heavy (non-hydrogen) atoms. The van der Waals surface area contributed by atoms with Gasteiger partial charge < -0.3 is 10.6 Å². The van der Waals surface area contributed by atoms with Crippen molar-refractivity contribution in [3.8, 4) is 6.07 Å². The van der Waals surface area contributed by atoms with Crippen molar-refractivity contribution in [3.63, 3.8) is 0 Å². The van der Waals surface area contributed by atoms with Crippen LogP contribution in [-0.2, 0) is 11.3 Å². The van der Waals surface area contributed by atoms with Crippen LogP contribution in [0.2, 0.25) is 0 Å². The lowest BCUT2D eigenvalue weighted by Crippen LogP contribution is -2.45. The minimum Gasteiger partial charge on any atom is -0.338 e. The summed E-state index contributed by atoms with van der Waals surface area (Å²) in [6, 6.07) is 6.19. The van der Waals surface area contributed by atoms with Crippen LogP contribution in [0.3, 0.4) is 0 Å². The average molecular weight is 291 g/mol. The smallest absolute Gasteiger partial charge is 0.230 e. The van der Waals surface area contributed by atoms with E-state index < -0.39 is 11.2 Å². The van der Waals surface area contributed by atoms with Gasteiger partial charge >= 0.3 is 0 Å². The molecule has 0 fully saturated rings. The van der Waals surface area contributed by atoms with Gasteiger partial charge in [-0.25, -0.2) is 4.39 Å². The summed E-state index contributed by atoms with van der Waals surface area (Å²) < 4.78 is 13.9. The van der Waals surface area contributed by atoms with E-state index in [1.807, 2.05) is 26.8 Å². The Labute approximate surface area is 125 Å². The Morgan fingerprint density at radius 1 is 1.48 bits per heavy atom. The standard InChI is InChI=1S/C16H22FN3O/c1-4-16(3,11-19)15(21)20(5-2)10-13-7-6-12(9-18)8-14(13)17/h6-8H,4-5,10-11,19H2,1-3H3. The molecule has 0 aliphatic rings. The Hall–Kier alpha value is -1.93. The summed E-state index contributed by atoms with van der Waals surface area (Å²) in [7, 11) is 0. The summed E-state index contributed by atoms with van der Waals surface area (Å²) in [4.78, 5) is 14.2. The summed E-state index contributed by atoms with van der Waals surface area (Å²) in [5, 5.41) is 8.74. The highest BCUT2D eigenvalue weighted by Gasteiger charge is 2.33. The zero-order chi connectivity index (χ0) is 16.0. The summed E-state index contributed by atoms with van der Waals surface area (Å²) in [6.45, 7) is 6.52. The molecule has 1 rings (SSSR count). The third-order valence-electron chi connectivity index (χ3n) is 3.96. The van der Waals surface area contributed by atoms with Gasteiger partial charge in [0.2, 0.25) is 5.91 Å². The molecule has 0 saturated carbocycles. The van der Waals surface area contributed by atoms with E-state index >= 15 is 0 Å². The molecule has 1 aromatic carbocycles. The van der Waals surface area contributed by atoms with E-state index in [0.29, 0.717) is 18.5 Å². The molecule has 2 N–H and O–H groups in total. The maximum Gasteiger partial charge on any atom is 0.230 e. The van der Waals surface area contributed by atoms with Gasteiger partial charge in [-0.3, -0.25) is 4.79 Å². The number of nitrogens with two attached hydrogens (primary N) is 1. The molecule has 0 spiro atoms. The fourth-order valence-corrected chi connectivity index (χ4v) is 2.04. The third-order valence-corrected chi connectivity index (χ3v) is 3.96. The highest BCUT2D eigenvalue weighted by Crippen LogP contribution is 2.24. The number of carbonyl (C=O) groups is 1. The van der Waals surface area contributed by atoms with Crippen LogP contribution in [-0.4, -0.2) is 23.9 Å². The molecule has 0 aromatic heterocycles. The normalized spacial score (nSPS) is 13.3. The number of hydrogen-bond donors (Lipinski definition) is 1. The van der Waals surface area contributed by atoms with Crippen molar-refractivity contribution in [2.75, 3.05) is 13.1 Å². The number of amides is 1. The maximum absolute atomic E-state index is 13.9. The predicted molar refractivity (Wildman–Crippen MR) is 79.7 cm³/mol. The van der Waals surface area contributed by atoms with Crippen LogP contribution in [0.15, 0.2) is 18.2 Å². The second-order valence-electron chi connectivity index (χ2n) is 5.36. The van der Waals surface area contributed by atoms with Gasteiger partial charge in [-0.15, -0.1) is 0 Å². The topological polar surface area (TPSA) is 70.1 Å². The van der Waals surface area contributed by atoms with Crippen molar-refractivity contribution in [2.45, 2.75) is 33.7 Å². The van der Waals surface area contributed by atoms with Crippen LogP contribution < -0.4 is 5.73 Å². The zero-order valence-corrected chi connectivity index (χ0v) is 12.8. The minimum absolute atomic E-state index is 0.0706. The number of carbonyl (C=O) groups excluding carboxylic acids is 1. The summed E-state index contributed by atoms with van der Waals surface area (Å²) in [5.41, 5.74) is 5.76. The van der Waals surface area contributed by atoms with E-state index in [4.69, 9.17) is 11.0 Å². The highest BCUT2D eigenvalue weighted by molar-refractivity contribution is 5.82. The molecule has 0 heterocycles. The van der Waals surface area contributed by atoms with Crippen LogP contribution >= 0.6 is 0 Å². The van der Waals surface area contributed by atoms with Crippen molar-refractivity contribution in [3.05, 3.63) is 35.1 Å². The van der Waals surface area contributed by atoms with Crippen molar-refractivity contribution < 1.29 is 9.18 Å². The minimum atomic E-state index is -0.626. The fraction of sp³-hybridized carbons (Fsp3) is 0.500. The van der Waals surface area contributed by atoms with Crippen LogP contribution in [0, 0.1) is 22.6 Å². The predicted octanol–water partition coefficient (Wildman–Crippen LogP) is 2.42. The molecule has 1 amide bonds. The van der Waals surface area contributed by atoms with Gasteiger partial charge in [0.1, 0.15) is 5.82 Å². The van der Waals surface area contributed by atoms with E-state index in [2.05, 4.69) is 0 Å². The van der Waals surface area contributed by atoms with Gasteiger partial charge in [0, 0.05) is 25.2 Å². The number of nitrogens with zero attached hydrogens (tertiary/aromatic N) is 2. The summed E-state index contributed by atoms with van der Waals surface area (Å²) in [6.07, 6.45) is 0.634. The zero-order valence-electron chi connectivity index (χ0n) is 12.8. The van der Waals surface area contributed by atoms with Gasteiger partial charge in [-0.2, -0.15) is 5.26 Å². The van der Waals surface area contributed by atoms with Gasteiger partial charge in [-0.05, 0) is 32.4 Å². The van der Waals surface area contributed by atoms with Gasteiger partial charge in [0.25, 0.3) is 0 Å². The molecule has 0 radical (unpaired) electrons. The Kier molecular flexibility index (Phi) is 5.86. The first kappa shape index (κ1) is 17.1. The highest BCUT2D eigenvalue weighted by atomic mass is 19.1. The summed E-state index contributed by atoms with van der Waals surface area (Å²) >= 11 is 0. The molecule has 0 bridgehead atoms. The third kappa shape index (κ3) is 3.79. The first-order valence-electron chi connectivity index (χ1n) is 7.09. The molecule has 5 heteroatoms. The largest absolute Gasteiger partial charge is 0.338 e. The van der Waals surface area contributed by atoms with Gasteiger partial charge in [0.15, 0.2) is 0 Å². The lowest BCUT2D eigenvalue weighted by Gasteiger charge is -2.32. The molecule has 4 nitrogen and oxygen atoms in total. The second kappa shape index (κ2) is 7.19. The lowest BCUT2D eigenvalue weighted by atomic mass is 9.86. The molecule has 1 unspecified atom stereocenters. The van der Waals surface area contributed by atoms with Gasteiger partial charge in [-0.1, -0.05) is 13.0 Å². The van der Waals surface area contributed by atoms with Crippen molar-refractivity contribution in [2.24, 2.45) is 11.1 Å². The van der Waals surface area contributed by atoms with Crippen LogP contribution in [0.1, 0.15) is 38.3 Å². The molecule has 0 saturated heterocycles. The number of benzene rings is 1. The molecule has 0 aliphatic carbocycles.